The summed E-state index contributed by atoms with van der Waals surface area (Å²) in [5, 5.41) is -0.581. The smallest absolute Gasteiger partial charge is 0.156 e. The van der Waals surface area contributed by atoms with Gasteiger partial charge in [-0.1, -0.05) is 0 Å². The van der Waals surface area contributed by atoms with Gasteiger partial charge in [0.2, 0.25) is 0 Å². The number of hydrogen-bond donors (Lipinski definition) is 1. The summed E-state index contributed by atoms with van der Waals surface area (Å²) in [6.45, 7) is 6.55. The van der Waals surface area contributed by atoms with Crippen LogP contribution in [0.2, 0.25) is 0 Å². The molecular formula is C10H23NO4S2. The highest BCUT2D eigenvalue weighted by molar-refractivity contribution is 7.96. The molecule has 7 heteroatoms. The molecule has 0 radical (unpaired) electrons. The van der Waals surface area contributed by atoms with Crippen LogP contribution in [0.3, 0.4) is 0 Å². The first-order valence-electron chi connectivity index (χ1n) is 5.58. The van der Waals surface area contributed by atoms with Gasteiger partial charge < -0.3 is 5.73 Å². The van der Waals surface area contributed by atoms with E-state index in [-0.39, 0.29) is 18.1 Å². The number of rotatable bonds is 6. The predicted molar refractivity (Wildman–Crippen MR) is 70.5 cm³/mol. The zero-order valence-electron chi connectivity index (χ0n) is 10.9. The minimum absolute atomic E-state index is 0.284. The maximum absolute atomic E-state index is 11.8. The highest BCUT2D eigenvalue weighted by atomic mass is 32.2. The molecule has 0 amide bonds. The van der Waals surface area contributed by atoms with E-state index in [0.717, 1.165) is 0 Å². The second-order valence-corrected chi connectivity index (χ2v) is 10.6. The van der Waals surface area contributed by atoms with Crippen molar-refractivity contribution >= 4 is 19.7 Å². The topological polar surface area (TPSA) is 94.3 Å². The molecule has 0 aromatic carbocycles. The van der Waals surface area contributed by atoms with E-state index in [1.807, 2.05) is 0 Å². The third kappa shape index (κ3) is 4.93. The van der Waals surface area contributed by atoms with E-state index in [9.17, 15) is 16.8 Å². The Morgan fingerprint density at radius 3 is 1.88 bits per heavy atom. The minimum Gasteiger partial charge on any atom is -0.330 e. The van der Waals surface area contributed by atoms with E-state index in [2.05, 4.69) is 0 Å². The van der Waals surface area contributed by atoms with Gasteiger partial charge in [0, 0.05) is 0 Å². The molecule has 104 valence electrons. The van der Waals surface area contributed by atoms with Crippen LogP contribution in [0.15, 0.2) is 0 Å². The van der Waals surface area contributed by atoms with E-state index < -0.39 is 29.7 Å². The fourth-order valence-corrected chi connectivity index (χ4v) is 4.46. The quantitative estimate of drug-likeness (QED) is 0.760. The predicted octanol–water partition coefficient (Wildman–Crippen LogP) is 0.352. The van der Waals surface area contributed by atoms with Crippen LogP contribution in [-0.4, -0.2) is 44.9 Å². The third-order valence-electron chi connectivity index (χ3n) is 2.76. The van der Waals surface area contributed by atoms with Gasteiger partial charge in [-0.2, -0.15) is 0 Å². The fraction of sp³-hybridized carbons (Fsp3) is 1.00. The van der Waals surface area contributed by atoms with Crippen LogP contribution in [0.25, 0.3) is 0 Å². The van der Waals surface area contributed by atoms with Gasteiger partial charge in [0.1, 0.15) is 0 Å². The molecule has 0 fully saturated rings. The molecule has 0 aromatic heterocycles. The molecule has 17 heavy (non-hydrogen) atoms. The first kappa shape index (κ1) is 16.9. The van der Waals surface area contributed by atoms with E-state index >= 15 is 0 Å². The van der Waals surface area contributed by atoms with Crippen molar-refractivity contribution in [3.63, 3.8) is 0 Å². The van der Waals surface area contributed by atoms with Crippen LogP contribution in [0.5, 0.6) is 0 Å². The van der Waals surface area contributed by atoms with Crippen LogP contribution < -0.4 is 5.73 Å². The second-order valence-electron chi connectivity index (χ2n) is 5.19. The molecule has 0 aliphatic carbocycles. The number of sulfone groups is 2. The molecule has 1 atom stereocenters. The van der Waals surface area contributed by atoms with Crippen LogP contribution in [0.1, 0.15) is 34.1 Å². The molecule has 0 saturated carbocycles. The summed E-state index contributed by atoms with van der Waals surface area (Å²) in [6, 6.07) is 0. The Kier molecular flexibility index (Phi) is 5.62. The van der Waals surface area contributed by atoms with Crippen LogP contribution >= 0.6 is 0 Å². The van der Waals surface area contributed by atoms with E-state index in [1.54, 1.807) is 27.7 Å². The maximum atomic E-state index is 11.8. The standard InChI is InChI=1S/C10H23NO4S2/c1-9(5-6-11)16(12,13)7-8-17(14,15)10(2,3)4/h9H,5-8,11H2,1-4H3. The van der Waals surface area contributed by atoms with Crippen molar-refractivity contribution in [1.82, 2.24) is 0 Å². The summed E-state index contributed by atoms with van der Waals surface area (Å²) in [6.07, 6.45) is 0.359. The average molecular weight is 285 g/mol. The normalized spacial score (nSPS) is 15.8. The van der Waals surface area contributed by atoms with Gasteiger partial charge in [0.15, 0.2) is 19.7 Å². The monoisotopic (exact) mass is 285 g/mol. The Bertz CT molecular complexity index is 431. The molecule has 0 heterocycles. The summed E-state index contributed by atoms with van der Waals surface area (Å²) >= 11 is 0. The van der Waals surface area contributed by atoms with Gasteiger partial charge >= 0.3 is 0 Å². The third-order valence-corrected chi connectivity index (χ3v) is 7.86. The Morgan fingerprint density at radius 1 is 1.06 bits per heavy atom. The lowest BCUT2D eigenvalue weighted by molar-refractivity contribution is 0.557. The lowest BCUT2D eigenvalue weighted by Gasteiger charge is -2.20. The number of hydrogen-bond acceptors (Lipinski definition) is 5. The largest absolute Gasteiger partial charge is 0.330 e. The molecule has 1 unspecified atom stereocenters. The number of nitrogens with two attached hydrogens (primary N) is 1. The zero-order valence-corrected chi connectivity index (χ0v) is 12.6. The molecular weight excluding hydrogens is 262 g/mol. The molecule has 0 saturated heterocycles. The molecule has 0 rings (SSSR count). The van der Waals surface area contributed by atoms with E-state index in [1.165, 1.54) is 0 Å². The zero-order chi connectivity index (χ0) is 13.9. The lowest BCUT2D eigenvalue weighted by Crippen LogP contribution is -2.35. The lowest BCUT2D eigenvalue weighted by atomic mass is 10.3. The van der Waals surface area contributed by atoms with E-state index in [4.69, 9.17) is 5.73 Å². The van der Waals surface area contributed by atoms with Crippen LogP contribution in [-0.2, 0) is 19.7 Å². The van der Waals surface area contributed by atoms with Gasteiger partial charge in [-0.15, -0.1) is 0 Å². The van der Waals surface area contributed by atoms with Gasteiger partial charge in [-0.3, -0.25) is 0 Å². The highest BCUT2D eigenvalue weighted by Crippen LogP contribution is 2.17. The summed E-state index contributed by atoms with van der Waals surface area (Å²) < 4.78 is 46.2. The summed E-state index contributed by atoms with van der Waals surface area (Å²) in [4.78, 5) is 0. The molecule has 5 nitrogen and oxygen atoms in total. The Balaban J connectivity index is 4.70. The summed E-state index contributed by atoms with van der Waals surface area (Å²) in [7, 11) is -6.76. The fourth-order valence-electron chi connectivity index (χ4n) is 1.15. The van der Waals surface area contributed by atoms with Gasteiger partial charge in [-0.05, 0) is 40.7 Å². The van der Waals surface area contributed by atoms with Crippen molar-refractivity contribution in [1.29, 1.82) is 0 Å². The molecule has 2 N–H and O–H groups in total. The van der Waals surface area contributed by atoms with Crippen molar-refractivity contribution < 1.29 is 16.8 Å². The molecule has 0 aliphatic heterocycles. The Labute approximate surface area is 105 Å². The van der Waals surface area contributed by atoms with Crippen molar-refractivity contribution in [2.24, 2.45) is 5.73 Å². The van der Waals surface area contributed by atoms with E-state index in [0.29, 0.717) is 6.42 Å². The van der Waals surface area contributed by atoms with Crippen molar-refractivity contribution in [2.75, 3.05) is 18.1 Å². The average Bonchev–Trinajstić information content (AvgIpc) is 2.14. The molecule has 0 bridgehead atoms. The van der Waals surface area contributed by atoms with Crippen molar-refractivity contribution in [2.45, 2.75) is 44.1 Å². The molecule has 0 aliphatic rings. The second kappa shape index (κ2) is 5.67. The summed E-state index contributed by atoms with van der Waals surface area (Å²) in [5.41, 5.74) is 5.29. The van der Waals surface area contributed by atoms with Crippen LogP contribution in [0, 0.1) is 0 Å². The van der Waals surface area contributed by atoms with Gasteiger partial charge in [0.05, 0.1) is 21.5 Å². The first-order chi connectivity index (χ1) is 7.44. The first-order valence-corrected chi connectivity index (χ1v) is 8.95. The van der Waals surface area contributed by atoms with Gasteiger partial charge in [-0.25, -0.2) is 16.8 Å². The van der Waals surface area contributed by atoms with Crippen molar-refractivity contribution in [3.05, 3.63) is 0 Å². The maximum Gasteiger partial charge on any atom is 0.156 e. The summed E-state index contributed by atoms with van der Waals surface area (Å²) in [5.74, 6) is -0.651. The van der Waals surface area contributed by atoms with Crippen molar-refractivity contribution in [3.8, 4) is 0 Å². The Morgan fingerprint density at radius 2 is 1.53 bits per heavy atom. The van der Waals surface area contributed by atoms with Crippen LogP contribution in [0.4, 0.5) is 0 Å². The molecule has 0 spiro atoms. The molecule has 0 aromatic rings. The highest BCUT2D eigenvalue weighted by Gasteiger charge is 2.31. The SMILES string of the molecule is CC(CCN)S(=O)(=O)CCS(=O)(=O)C(C)(C)C. The van der Waals surface area contributed by atoms with Gasteiger partial charge in [0.25, 0.3) is 0 Å². The Hall–Kier alpha value is -0.140. The minimum atomic E-state index is -3.39.